The number of nitrogens with one attached hydrogen (secondary N) is 1. The van der Waals surface area contributed by atoms with Crippen LogP contribution >= 0.6 is 11.9 Å². The number of hydrogen-bond donors (Lipinski definition) is 2. The molecule has 7 heteroatoms. The first-order valence-electron chi connectivity index (χ1n) is 7.77. The number of carbonyl (C=O) groups is 1. The number of anilines is 1. The second kappa shape index (κ2) is 7.87. The Bertz CT molecular complexity index is 1010. The fraction of sp³-hybridized carbons (Fsp3) is 0.105. The van der Waals surface area contributed by atoms with E-state index in [0.29, 0.717) is 22.7 Å². The lowest BCUT2D eigenvalue weighted by Crippen LogP contribution is -2.15. The lowest BCUT2D eigenvalue weighted by molar-refractivity contribution is -0.115. The molecule has 0 saturated heterocycles. The minimum Gasteiger partial charge on any atom is -0.481 e. The van der Waals surface area contributed by atoms with E-state index in [1.54, 1.807) is 49.7 Å². The fourth-order valence-corrected chi connectivity index (χ4v) is 3.22. The Labute approximate surface area is 155 Å². The first-order chi connectivity index (χ1) is 12.7. The van der Waals surface area contributed by atoms with Crippen LogP contribution in [0.25, 0.3) is 10.8 Å². The zero-order valence-corrected chi connectivity index (χ0v) is 14.8. The second-order valence-corrected chi connectivity index (χ2v) is 6.18. The molecular weight excluding hydrogens is 348 g/mol. The van der Waals surface area contributed by atoms with Crippen molar-refractivity contribution >= 4 is 34.3 Å². The average Bonchev–Trinajstić information content (AvgIpc) is 2.67. The van der Waals surface area contributed by atoms with Crippen LogP contribution in [0.5, 0.6) is 5.88 Å². The largest absolute Gasteiger partial charge is 0.481 e. The van der Waals surface area contributed by atoms with Crippen molar-refractivity contribution in [2.45, 2.75) is 11.3 Å². The summed E-state index contributed by atoms with van der Waals surface area (Å²) in [6.07, 6.45) is 1.76. The summed E-state index contributed by atoms with van der Waals surface area (Å²) in [5, 5.41) is 19.4. The van der Waals surface area contributed by atoms with E-state index in [1.165, 1.54) is 0 Å². The topological polar surface area (TPSA) is 101 Å². The molecular formula is C19H16N4O2S. The van der Waals surface area contributed by atoms with E-state index in [-0.39, 0.29) is 12.3 Å². The summed E-state index contributed by atoms with van der Waals surface area (Å²) < 4.78 is 5.30. The van der Waals surface area contributed by atoms with Gasteiger partial charge < -0.3 is 10.1 Å². The predicted octanol–water partition coefficient (Wildman–Crippen LogP) is 3.26. The number of amides is 1. The molecule has 2 aromatic carbocycles. The van der Waals surface area contributed by atoms with Gasteiger partial charge in [0.25, 0.3) is 0 Å². The number of carbonyl (C=O) groups excluding carboxylic acids is 1. The monoisotopic (exact) mass is 364 g/mol. The standard InChI is InChI=1S/C19H16N4O2S/c1-25-19-16-9-14(10-17(26-21)15(16)6-7-22-19)23-18(24)8-12-4-2-3-5-13(12)11-20/h2-7,9-10H,8,21H2,1H3,(H,23,24). The molecule has 3 rings (SSSR count). The third kappa shape index (κ3) is 3.61. The molecule has 26 heavy (non-hydrogen) atoms. The molecule has 0 aliphatic heterocycles. The van der Waals surface area contributed by atoms with Crippen molar-refractivity contribution < 1.29 is 9.53 Å². The Hall–Kier alpha value is -3.08. The highest BCUT2D eigenvalue weighted by molar-refractivity contribution is 7.97. The highest BCUT2D eigenvalue weighted by Crippen LogP contribution is 2.33. The molecule has 0 unspecified atom stereocenters. The zero-order chi connectivity index (χ0) is 18.5. The molecule has 3 aromatic rings. The van der Waals surface area contributed by atoms with E-state index in [0.717, 1.165) is 27.6 Å². The summed E-state index contributed by atoms with van der Waals surface area (Å²) in [6, 6.07) is 14.6. The first-order valence-corrected chi connectivity index (χ1v) is 8.65. The van der Waals surface area contributed by atoms with Gasteiger partial charge in [0.05, 0.1) is 25.2 Å². The summed E-state index contributed by atoms with van der Waals surface area (Å²) >= 11 is 1.09. The number of methoxy groups -OCH3 is 1. The maximum Gasteiger partial charge on any atom is 0.228 e. The number of ether oxygens (including phenoxy) is 1. The Kier molecular flexibility index (Phi) is 5.37. The van der Waals surface area contributed by atoms with Gasteiger partial charge in [0.1, 0.15) is 0 Å². The minimum absolute atomic E-state index is 0.108. The van der Waals surface area contributed by atoms with E-state index >= 15 is 0 Å². The Morgan fingerprint density at radius 1 is 1.31 bits per heavy atom. The highest BCUT2D eigenvalue weighted by atomic mass is 32.2. The van der Waals surface area contributed by atoms with Gasteiger partial charge >= 0.3 is 0 Å². The van der Waals surface area contributed by atoms with Gasteiger partial charge in [0.15, 0.2) is 0 Å². The van der Waals surface area contributed by atoms with Crippen molar-refractivity contribution in [2.75, 3.05) is 12.4 Å². The molecule has 0 bridgehead atoms. The molecule has 1 aromatic heterocycles. The second-order valence-electron chi connectivity index (χ2n) is 5.50. The van der Waals surface area contributed by atoms with Crippen LogP contribution in [0.2, 0.25) is 0 Å². The molecule has 130 valence electrons. The van der Waals surface area contributed by atoms with Crippen LogP contribution in [-0.4, -0.2) is 18.0 Å². The summed E-state index contributed by atoms with van der Waals surface area (Å²) in [6.45, 7) is 0. The first kappa shape index (κ1) is 17.7. The number of nitriles is 1. The third-order valence-electron chi connectivity index (χ3n) is 3.90. The van der Waals surface area contributed by atoms with Gasteiger partial charge in [-0.05, 0) is 41.8 Å². The molecule has 0 aliphatic carbocycles. The van der Waals surface area contributed by atoms with E-state index < -0.39 is 0 Å². The third-order valence-corrected chi connectivity index (χ3v) is 4.49. The van der Waals surface area contributed by atoms with E-state index in [1.807, 2.05) is 6.07 Å². The number of aromatic nitrogens is 1. The molecule has 0 spiro atoms. The Morgan fingerprint density at radius 3 is 2.85 bits per heavy atom. The number of hydrogen-bond acceptors (Lipinski definition) is 6. The molecule has 3 N–H and O–H groups in total. The van der Waals surface area contributed by atoms with Crippen LogP contribution in [0, 0.1) is 11.3 Å². The SMILES string of the molecule is COc1nccc2c(SN)cc(NC(=O)Cc3ccccc3C#N)cc12. The molecule has 0 saturated carbocycles. The number of nitrogens with two attached hydrogens (primary N) is 1. The van der Waals surface area contributed by atoms with Crippen LogP contribution in [0.4, 0.5) is 5.69 Å². The number of fused-ring (bicyclic) bond motifs is 1. The number of nitrogens with zero attached hydrogens (tertiary/aromatic N) is 2. The van der Waals surface area contributed by atoms with Gasteiger partial charge in [0, 0.05) is 27.6 Å². The van der Waals surface area contributed by atoms with Gasteiger partial charge in [-0.3, -0.25) is 9.93 Å². The molecule has 0 aliphatic rings. The van der Waals surface area contributed by atoms with Gasteiger partial charge in [-0.1, -0.05) is 18.2 Å². The molecule has 0 radical (unpaired) electrons. The molecule has 1 amide bonds. The van der Waals surface area contributed by atoms with Gasteiger partial charge in [-0.15, -0.1) is 0 Å². The normalized spacial score (nSPS) is 10.3. The van der Waals surface area contributed by atoms with Crippen molar-refractivity contribution in [3.63, 3.8) is 0 Å². The van der Waals surface area contributed by atoms with Crippen LogP contribution in [0.1, 0.15) is 11.1 Å². The van der Waals surface area contributed by atoms with E-state index in [9.17, 15) is 4.79 Å². The highest BCUT2D eigenvalue weighted by Gasteiger charge is 2.12. The van der Waals surface area contributed by atoms with Crippen LogP contribution < -0.4 is 15.2 Å². The van der Waals surface area contributed by atoms with Gasteiger partial charge in [-0.25, -0.2) is 4.98 Å². The zero-order valence-electron chi connectivity index (χ0n) is 14.0. The number of pyridine rings is 1. The van der Waals surface area contributed by atoms with Gasteiger partial charge in [0.2, 0.25) is 11.8 Å². The summed E-state index contributed by atoms with van der Waals surface area (Å²) in [4.78, 5) is 17.4. The predicted molar refractivity (Wildman–Crippen MR) is 102 cm³/mol. The summed E-state index contributed by atoms with van der Waals surface area (Å²) in [5.74, 6) is 0.242. The van der Waals surface area contributed by atoms with Crippen molar-refractivity contribution in [1.82, 2.24) is 4.98 Å². The maximum absolute atomic E-state index is 12.4. The summed E-state index contributed by atoms with van der Waals surface area (Å²) in [5.41, 5.74) is 1.77. The Balaban J connectivity index is 1.91. The summed E-state index contributed by atoms with van der Waals surface area (Å²) in [7, 11) is 1.54. The minimum atomic E-state index is -0.220. The molecule has 1 heterocycles. The quantitative estimate of drug-likeness (QED) is 0.674. The van der Waals surface area contributed by atoms with Crippen molar-refractivity contribution in [1.29, 1.82) is 5.26 Å². The van der Waals surface area contributed by atoms with E-state index in [4.69, 9.17) is 15.1 Å². The van der Waals surface area contributed by atoms with Crippen LogP contribution in [0.15, 0.2) is 53.6 Å². The lowest BCUT2D eigenvalue weighted by Gasteiger charge is -2.12. The van der Waals surface area contributed by atoms with Gasteiger partial charge in [-0.2, -0.15) is 5.26 Å². The smallest absolute Gasteiger partial charge is 0.228 e. The molecule has 0 fully saturated rings. The number of rotatable bonds is 5. The number of benzene rings is 2. The fourth-order valence-electron chi connectivity index (χ4n) is 2.72. The molecule has 0 atom stereocenters. The Morgan fingerprint density at radius 2 is 2.12 bits per heavy atom. The maximum atomic E-state index is 12.4. The van der Waals surface area contributed by atoms with Crippen LogP contribution in [0.3, 0.4) is 0 Å². The van der Waals surface area contributed by atoms with Crippen molar-refractivity contribution in [3.8, 4) is 11.9 Å². The average molecular weight is 364 g/mol. The molecule has 6 nitrogen and oxygen atoms in total. The van der Waals surface area contributed by atoms with Crippen LogP contribution in [-0.2, 0) is 11.2 Å². The van der Waals surface area contributed by atoms with E-state index in [2.05, 4.69) is 16.4 Å². The van der Waals surface area contributed by atoms with Crippen molar-refractivity contribution in [2.24, 2.45) is 5.14 Å². The lowest BCUT2D eigenvalue weighted by atomic mass is 10.1. The van der Waals surface area contributed by atoms with Crippen molar-refractivity contribution in [3.05, 3.63) is 59.8 Å².